The summed E-state index contributed by atoms with van der Waals surface area (Å²) in [7, 11) is -3.19. The lowest BCUT2D eigenvalue weighted by Gasteiger charge is -1.99. The van der Waals surface area contributed by atoms with Crippen molar-refractivity contribution in [3.63, 3.8) is 0 Å². The average molecular weight is 292 g/mol. The van der Waals surface area contributed by atoms with Crippen molar-refractivity contribution in [3.8, 4) is 0 Å². The maximum absolute atomic E-state index is 12.1. The number of nitrogens with one attached hydrogen (secondary N) is 1. The summed E-state index contributed by atoms with van der Waals surface area (Å²) in [6, 6.07) is 11.2. The first kappa shape index (κ1) is 12.4. The number of rotatable bonds is 4. The highest BCUT2D eigenvalue weighted by atomic mass is 32.2. The first-order valence-corrected chi connectivity index (χ1v) is 8.49. The van der Waals surface area contributed by atoms with Gasteiger partial charge in [-0.3, -0.25) is 0 Å². The zero-order valence-electron chi connectivity index (χ0n) is 10.0. The van der Waals surface area contributed by atoms with Crippen LogP contribution in [0.15, 0.2) is 41.8 Å². The molecule has 6 heteroatoms. The van der Waals surface area contributed by atoms with E-state index >= 15 is 0 Å². The summed E-state index contributed by atoms with van der Waals surface area (Å²) in [5.74, 6) is 0.513. The van der Waals surface area contributed by atoms with Crippen LogP contribution in [0.25, 0.3) is 11.0 Å². The monoisotopic (exact) mass is 292 g/mol. The number of nitrogens with zero attached hydrogens (tertiary/aromatic N) is 1. The van der Waals surface area contributed by atoms with Crippen LogP contribution in [-0.4, -0.2) is 18.4 Å². The van der Waals surface area contributed by atoms with Crippen LogP contribution in [0.4, 0.5) is 0 Å². The lowest BCUT2D eigenvalue weighted by atomic mass is 10.3. The first-order chi connectivity index (χ1) is 9.12. The summed E-state index contributed by atoms with van der Waals surface area (Å²) in [6.45, 7) is 0. The number of sulfone groups is 1. The Kier molecular flexibility index (Phi) is 3.12. The van der Waals surface area contributed by atoms with Crippen LogP contribution in [0.5, 0.6) is 0 Å². The van der Waals surface area contributed by atoms with E-state index < -0.39 is 9.84 Å². The Labute approximate surface area is 115 Å². The molecule has 3 rings (SSSR count). The molecule has 0 saturated heterocycles. The van der Waals surface area contributed by atoms with Gasteiger partial charge >= 0.3 is 0 Å². The van der Waals surface area contributed by atoms with Crippen molar-refractivity contribution in [2.75, 3.05) is 0 Å². The molecular weight excluding hydrogens is 280 g/mol. The topological polar surface area (TPSA) is 62.8 Å². The van der Waals surface area contributed by atoms with Crippen molar-refractivity contribution < 1.29 is 8.42 Å². The third-order valence-corrected chi connectivity index (χ3v) is 5.26. The van der Waals surface area contributed by atoms with Gasteiger partial charge < -0.3 is 4.98 Å². The zero-order chi connectivity index (χ0) is 13.3. The van der Waals surface area contributed by atoms with Crippen molar-refractivity contribution in [1.29, 1.82) is 0 Å². The predicted molar refractivity (Wildman–Crippen MR) is 76.7 cm³/mol. The van der Waals surface area contributed by atoms with E-state index in [1.54, 1.807) is 0 Å². The number of hydrogen-bond acceptors (Lipinski definition) is 4. The summed E-state index contributed by atoms with van der Waals surface area (Å²) in [5, 5.41) is 1.88. The number of fused-ring (bicyclic) bond motifs is 1. The van der Waals surface area contributed by atoms with Gasteiger partial charge in [-0.2, -0.15) is 0 Å². The molecule has 0 aliphatic carbocycles. The maximum Gasteiger partial charge on any atom is 0.162 e. The third kappa shape index (κ3) is 2.85. The minimum absolute atomic E-state index is 0.0560. The number of hydrogen-bond donors (Lipinski definition) is 1. The van der Waals surface area contributed by atoms with E-state index in [-0.39, 0.29) is 11.5 Å². The Morgan fingerprint density at radius 3 is 2.68 bits per heavy atom. The summed E-state index contributed by atoms with van der Waals surface area (Å²) >= 11 is 1.46. The van der Waals surface area contributed by atoms with Crippen LogP contribution in [0.3, 0.4) is 0 Å². The van der Waals surface area contributed by atoms with Crippen molar-refractivity contribution >= 4 is 32.2 Å². The Bertz CT molecular complexity index is 756. The van der Waals surface area contributed by atoms with Crippen LogP contribution in [0.1, 0.15) is 10.7 Å². The van der Waals surface area contributed by atoms with Gasteiger partial charge in [0.25, 0.3) is 0 Å². The number of benzene rings is 1. The van der Waals surface area contributed by atoms with Crippen LogP contribution < -0.4 is 0 Å². The highest BCUT2D eigenvalue weighted by Crippen LogP contribution is 2.17. The van der Waals surface area contributed by atoms with Gasteiger partial charge in [-0.15, -0.1) is 11.3 Å². The molecule has 0 fully saturated rings. The number of H-pyrrole nitrogens is 1. The van der Waals surface area contributed by atoms with Crippen LogP contribution in [0, 0.1) is 0 Å². The molecule has 1 N–H and O–H groups in total. The van der Waals surface area contributed by atoms with Crippen molar-refractivity contribution in [2.45, 2.75) is 11.5 Å². The molecule has 0 aliphatic heterocycles. The molecule has 0 aliphatic rings. The van der Waals surface area contributed by atoms with Crippen molar-refractivity contribution in [1.82, 2.24) is 9.97 Å². The smallest absolute Gasteiger partial charge is 0.162 e. The van der Waals surface area contributed by atoms with E-state index in [0.717, 1.165) is 15.9 Å². The molecule has 3 aromatic rings. The predicted octanol–water partition coefficient (Wildman–Crippen LogP) is 2.74. The summed E-state index contributed by atoms with van der Waals surface area (Å²) in [4.78, 5) is 8.20. The van der Waals surface area contributed by atoms with Gasteiger partial charge in [0.15, 0.2) is 9.84 Å². The average Bonchev–Trinajstić information content (AvgIpc) is 2.95. The van der Waals surface area contributed by atoms with Gasteiger partial charge in [0.1, 0.15) is 11.6 Å². The molecule has 0 atom stereocenters. The normalized spacial score (nSPS) is 12.0. The second kappa shape index (κ2) is 4.79. The lowest BCUT2D eigenvalue weighted by Crippen LogP contribution is -2.07. The minimum atomic E-state index is -3.19. The molecule has 1 aromatic carbocycles. The number of para-hydroxylation sites is 2. The molecule has 98 valence electrons. The molecule has 0 unspecified atom stereocenters. The lowest BCUT2D eigenvalue weighted by molar-refractivity contribution is 0.593. The standard InChI is InChI=1S/C13H12N2O2S2/c16-19(17,8-10-4-3-7-18-10)9-13-14-11-5-1-2-6-12(11)15-13/h1-7H,8-9H2,(H,14,15). The van der Waals surface area contributed by atoms with Gasteiger partial charge in [-0.25, -0.2) is 13.4 Å². The van der Waals surface area contributed by atoms with Crippen LogP contribution in [0.2, 0.25) is 0 Å². The second-order valence-electron chi connectivity index (χ2n) is 4.31. The molecule has 0 bridgehead atoms. The summed E-state index contributed by atoms with van der Waals surface area (Å²) in [5.41, 5.74) is 1.66. The molecule has 0 saturated carbocycles. The van der Waals surface area contributed by atoms with Crippen molar-refractivity contribution in [2.24, 2.45) is 0 Å². The van der Waals surface area contributed by atoms with E-state index in [0.29, 0.717) is 5.82 Å². The molecule has 0 spiro atoms. The fraction of sp³-hybridized carbons (Fsp3) is 0.154. The van der Waals surface area contributed by atoms with E-state index in [1.807, 2.05) is 41.8 Å². The summed E-state index contributed by atoms with van der Waals surface area (Å²) < 4.78 is 24.2. The van der Waals surface area contributed by atoms with Gasteiger partial charge in [0, 0.05) is 4.88 Å². The molecule has 2 aromatic heterocycles. The van der Waals surface area contributed by atoms with Gasteiger partial charge in [-0.1, -0.05) is 18.2 Å². The van der Waals surface area contributed by atoms with Gasteiger partial charge in [0.05, 0.1) is 16.8 Å². The SMILES string of the molecule is O=S(=O)(Cc1nc2ccccc2[nH]1)Cc1cccs1. The largest absolute Gasteiger partial charge is 0.341 e. The third-order valence-electron chi connectivity index (χ3n) is 2.74. The Hall–Kier alpha value is -1.66. The van der Waals surface area contributed by atoms with E-state index in [1.165, 1.54) is 11.3 Å². The number of aromatic nitrogens is 2. The van der Waals surface area contributed by atoms with E-state index in [4.69, 9.17) is 0 Å². The number of imidazole rings is 1. The second-order valence-corrected chi connectivity index (χ2v) is 7.41. The van der Waals surface area contributed by atoms with Crippen LogP contribution >= 0.6 is 11.3 Å². The molecular formula is C13H12N2O2S2. The molecule has 4 nitrogen and oxygen atoms in total. The number of aromatic amines is 1. The van der Waals surface area contributed by atoms with Gasteiger partial charge in [0.2, 0.25) is 0 Å². The van der Waals surface area contributed by atoms with E-state index in [9.17, 15) is 8.42 Å². The van der Waals surface area contributed by atoms with Gasteiger partial charge in [-0.05, 0) is 23.6 Å². The molecule has 2 heterocycles. The maximum atomic E-state index is 12.1. The Morgan fingerprint density at radius 2 is 1.95 bits per heavy atom. The molecule has 0 radical (unpaired) electrons. The van der Waals surface area contributed by atoms with Crippen LogP contribution in [-0.2, 0) is 21.3 Å². The number of thiophene rings is 1. The Balaban J connectivity index is 1.83. The summed E-state index contributed by atoms with van der Waals surface area (Å²) in [6.07, 6.45) is 0. The quantitative estimate of drug-likeness (QED) is 0.804. The van der Waals surface area contributed by atoms with E-state index in [2.05, 4.69) is 9.97 Å². The molecule has 19 heavy (non-hydrogen) atoms. The highest BCUT2D eigenvalue weighted by molar-refractivity contribution is 7.89. The fourth-order valence-corrected chi connectivity index (χ4v) is 4.43. The fourth-order valence-electron chi connectivity index (χ4n) is 1.94. The minimum Gasteiger partial charge on any atom is -0.341 e. The van der Waals surface area contributed by atoms with Crippen molar-refractivity contribution in [3.05, 3.63) is 52.5 Å². The molecule has 0 amide bonds. The Morgan fingerprint density at radius 1 is 1.11 bits per heavy atom. The zero-order valence-corrected chi connectivity index (χ0v) is 11.7. The highest BCUT2D eigenvalue weighted by Gasteiger charge is 2.16. The first-order valence-electron chi connectivity index (χ1n) is 5.79.